The maximum Gasteiger partial charge on any atom is 0.128 e. The van der Waals surface area contributed by atoms with Crippen LogP contribution in [0.15, 0.2) is 17.4 Å². The van der Waals surface area contributed by atoms with Crippen molar-refractivity contribution in [1.82, 2.24) is 9.78 Å². The van der Waals surface area contributed by atoms with Gasteiger partial charge >= 0.3 is 0 Å². The predicted molar refractivity (Wildman–Crippen MR) is 49.3 cm³/mol. The summed E-state index contributed by atoms with van der Waals surface area (Å²) < 4.78 is 1.85. The molecule has 0 saturated carbocycles. The van der Waals surface area contributed by atoms with Gasteiger partial charge in [-0.2, -0.15) is 5.10 Å². The van der Waals surface area contributed by atoms with Crippen LogP contribution >= 0.6 is 0 Å². The minimum absolute atomic E-state index is 0.364. The summed E-state index contributed by atoms with van der Waals surface area (Å²) in [5.74, 6) is 0.530. The number of amidine groups is 1. The summed E-state index contributed by atoms with van der Waals surface area (Å²) in [5.41, 5.74) is 6.49. The molecular formula is C8H14N4. The minimum Gasteiger partial charge on any atom is -0.383 e. The maximum absolute atomic E-state index is 5.60. The van der Waals surface area contributed by atoms with Gasteiger partial charge in [0.25, 0.3) is 0 Å². The standard InChI is InChI=1S/C8H14N4/c1-6(2)12-5-7(4-11-12)8(9)10-3/h4-6H,1-3H3,(H2,9,10). The van der Waals surface area contributed by atoms with Gasteiger partial charge in [-0.3, -0.25) is 9.67 Å². The summed E-state index contributed by atoms with van der Waals surface area (Å²) in [7, 11) is 1.67. The Bertz CT molecular complexity index is 285. The Kier molecular flexibility index (Phi) is 2.47. The average Bonchev–Trinajstić information content (AvgIpc) is 2.51. The highest BCUT2D eigenvalue weighted by Gasteiger charge is 2.03. The first-order valence-electron chi connectivity index (χ1n) is 3.92. The third-order valence-electron chi connectivity index (χ3n) is 1.67. The predicted octanol–water partition coefficient (Wildman–Crippen LogP) is 0.799. The minimum atomic E-state index is 0.364. The van der Waals surface area contributed by atoms with E-state index in [1.807, 2.05) is 10.9 Å². The van der Waals surface area contributed by atoms with Crippen LogP contribution in [-0.4, -0.2) is 22.7 Å². The van der Waals surface area contributed by atoms with Crippen molar-refractivity contribution in [3.05, 3.63) is 18.0 Å². The second-order valence-corrected chi connectivity index (χ2v) is 2.91. The molecule has 0 aliphatic rings. The Labute approximate surface area is 72.1 Å². The van der Waals surface area contributed by atoms with Gasteiger partial charge in [0, 0.05) is 19.3 Å². The molecule has 0 spiro atoms. The van der Waals surface area contributed by atoms with Crippen LogP contribution in [0.5, 0.6) is 0 Å². The number of nitrogens with two attached hydrogens (primary N) is 1. The van der Waals surface area contributed by atoms with Crippen molar-refractivity contribution >= 4 is 5.84 Å². The first-order valence-corrected chi connectivity index (χ1v) is 3.92. The van der Waals surface area contributed by atoms with Gasteiger partial charge in [-0.1, -0.05) is 0 Å². The fourth-order valence-electron chi connectivity index (χ4n) is 0.882. The molecule has 0 atom stereocenters. The van der Waals surface area contributed by atoms with Gasteiger partial charge in [-0.25, -0.2) is 0 Å². The lowest BCUT2D eigenvalue weighted by Crippen LogP contribution is -2.11. The van der Waals surface area contributed by atoms with Crippen LogP contribution < -0.4 is 5.73 Å². The Morgan fingerprint density at radius 3 is 2.75 bits per heavy atom. The SMILES string of the molecule is CN=C(N)c1cnn(C(C)C)c1. The molecule has 1 aromatic rings. The highest BCUT2D eigenvalue weighted by molar-refractivity contribution is 5.96. The van der Waals surface area contributed by atoms with E-state index in [0.717, 1.165) is 5.56 Å². The molecule has 0 aliphatic carbocycles. The zero-order valence-electron chi connectivity index (χ0n) is 7.65. The smallest absolute Gasteiger partial charge is 0.128 e. The van der Waals surface area contributed by atoms with Crippen molar-refractivity contribution in [2.45, 2.75) is 19.9 Å². The average molecular weight is 166 g/mol. The molecule has 0 fully saturated rings. The summed E-state index contributed by atoms with van der Waals surface area (Å²) >= 11 is 0. The van der Waals surface area contributed by atoms with Gasteiger partial charge in [-0.15, -0.1) is 0 Å². The Hall–Kier alpha value is -1.32. The number of hydrogen-bond acceptors (Lipinski definition) is 2. The van der Waals surface area contributed by atoms with Crippen LogP contribution in [0.2, 0.25) is 0 Å². The van der Waals surface area contributed by atoms with E-state index in [4.69, 9.17) is 5.73 Å². The molecule has 1 heterocycles. The molecule has 0 unspecified atom stereocenters. The monoisotopic (exact) mass is 166 g/mol. The van der Waals surface area contributed by atoms with E-state index in [2.05, 4.69) is 23.9 Å². The maximum atomic E-state index is 5.60. The van der Waals surface area contributed by atoms with Crippen molar-refractivity contribution in [3.8, 4) is 0 Å². The quantitative estimate of drug-likeness (QED) is 0.522. The van der Waals surface area contributed by atoms with Crippen LogP contribution in [0.3, 0.4) is 0 Å². The van der Waals surface area contributed by atoms with Gasteiger partial charge in [0.2, 0.25) is 0 Å². The zero-order chi connectivity index (χ0) is 9.14. The molecule has 1 rings (SSSR count). The van der Waals surface area contributed by atoms with Crippen molar-refractivity contribution in [2.24, 2.45) is 10.7 Å². The molecule has 2 N–H and O–H groups in total. The molecule has 0 saturated heterocycles. The summed E-state index contributed by atoms with van der Waals surface area (Å²) in [4.78, 5) is 3.87. The third kappa shape index (κ3) is 1.64. The van der Waals surface area contributed by atoms with Crippen LogP contribution in [0.1, 0.15) is 25.5 Å². The molecule has 0 bridgehead atoms. The number of rotatable bonds is 2. The number of nitrogens with zero attached hydrogens (tertiary/aromatic N) is 3. The topological polar surface area (TPSA) is 56.2 Å². The van der Waals surface area contributed by atoms with Crippen LogP contribution in [-0.2, 0) is 0 Å². The van der Waals surface area contributed by atoms with E-state index < -0.39 is 0 Å². The summed E-state index contributed by atoms with van der Waals surface area (Å²) in [6, 6.07) is 0.364. The second-order valence-electron chi connectivity index (χ2n) is 2.91. The van der Waals surface area contributed by atoms with E-state index in [-0.39, 0.29) is 0 Å². The first kappa shape index (κ1) is 8.77. The number of aromatic nitrogens is 2. The van der Waals surface area contributed by atoms with E-state index in [0.29, 0.717) is 11.9 Å². The van der Waals surface area contributed by atoms with Gasteiger partial charge in [0.15, 0.2) is 0 Å². The lowest BCUT2D eigenvalue weighted by atomic mass is 10.3. The van der Waals surface area contributed by atoms with Crippen LogP contribution in [0, 0.1) is 0 Å². The summed E-state index contributed by atoms with van der Waals surface area (Å²) in [5, 5.41) is 4.14. The Balaban J connectivity index is 2.92. The summed E-state index contributed by atoms with van der Waals surface area (Å²) in [6.45, 7) is 4.13. The van der Waals surface area contributed by atoms with Crippen molar-refractivity contribution in [3.63, 3.8) is 0 Å². The van der Waals surface area contributed by atoms with Crippen LogP contribution in [0.4, 0.5) is 0 Å². The van der Waals surface area contributed by atoms with Crippen molar-refractivity contribution < 1.29 is 0 Å². The number of aliphatic imine (C=N–C) groups is 1. The Morgan fingerprint density at radius 1 is 1.67 bits per heavy atom. The molecule has 4 nitrogen and oxygen atoms in total. The normalized spacial score (nSPS) is 12.5. The van der Waals surface area contributed by atoms with E-state index >= 15 is 0 Å². The molecule has 4 heteroatoms. The van der Waals surface area contributed by atoms with Gasteiger partial charge in [0.1, 0.15) is 5.84 Å². The molecule has 0 amide bonds. The van der Waals surface area contributed by atoms with E-state index in [1.54, 1.807) is 13.2 Å². The van der Waals surface area contributed by atoms with Gasteiger partial charge in [-0.05, 0) is 13.8 Å². The third-order valence-corrected chi connectivity index (χ3v) is 1.67. The van der Waals surface area contributed by atoms with Gasteiger partial charge < -0.3 is 5.73 Å². The van der Waals surface area contributed by atoms with Gasteiger partial charge in [0.05, 0.1) is 11.8 Å². The molecule has 0 aromatic carbocycles. The second kappa shape index (κ2) is 3.38. The Morgan fingerprint density at radius 2 is 2.33 bits per heavy atom. The van der Waals surface area contributed by atoms with Crippen molar-refractivity contribution in [2.75, 3.05) is 7.05 Å². The fourth-order valence-corrected chi connectivity index (χ4v) is 0.882. The molecule has 12 heavy (non-hydrogen) atoms. The molecule has 0 aliphatic heterocycles. The van der Waals surface area contributed by atoms with Crippen molar-refractivity contribution in [1.29, 1.82) is 0 Å². The molecule has 1 aromatic heterocycles. The fraction of sp³-hybridized carbons (Fsp3) is 0.500. The first-order chi connectivity index (χ1) is 5.65. The lowest BCUT2D eigenvalue weighted by molar-refractivity contribution is 0.532. The number of hydrogen-bond donors (Lipinski definition) is 1. The van der Waals surface area contributed by atoms with Crippen LogP contribution in [0.25, 0.3) is 0 Å². The molecule has 66 valence electrons. The highest BCUT2D eigenvalue weighted by Crippen LogP contribution is 2.04. The zero-order valence-corrected chi connectivity index (χ0v) is 7.65. The largest absolute Gasteiger partial charge is 0.383 e. The molecule has 0 radical (unpaired) electrons. The summed E-state index contributed by atoms with van der Waals surface area (Å²) in [6.07, 6.45) is 3.62. The van der Waals surface area contributed by atoms with E-state index in [1.165, 1.54) is 0 Å². The lowest BCUT2D eigenvalue weighted by Gasteiger charge is -2.02. The highest BCUT2D eigenvalue weighted by atomic mass is 15.3. The van der Waals surface area contributed by atoms with E-state index in [9.17, 15) is 0 Å². The molecular weight excluding hydrogens is 152 g/mol.